The number of hydrogen-bond donors (Lipinski definition) is 2. The van der Waals surface area contributed by atoms with Crippen LogP contribution in [-0.4, -0.2) is 23.2 Å². The van der Waals surface area contributed by atoms with Gasteiger partial charge in [0.2, 0.25) is 0 Å². The van der Waals surface area contributed by atoms with E-state index < -0.39 is 12.0 Å². The summed E-state index contributed by atoms with van der Waals surface area (Å²) < 4.78 is 0. The van der Waals surface area contributed by atoms with E-state index in [4.69, 9.17) is 5.11 Å². The van der Waals surface area contributed by atoms with Gasteiger partial charge in [-0.3, -0.25) is 4.79 Å². The molecule has 0 saturated carbocycles. The summed E-state index contributed by atoms with van der Waals surface area (Å²) in [4.78, 5) is 10.4. The normalized spacial score (nSPS) is 15.1. The zero-order chi connectivity index (χ0) is 9.02. The Bertz CT molecular complexity index is 139. The van der Waals surface area contributed by atoms with Gasteiger partial charge in [-0.05, 0) is 19.8 Å². The van der Waals surface area contributed by atoms with Crippen molar-refractivity contribution in [1.29, 1.82) is 0 Å². The Balaban J connectivity index is 0. The van der Waals surface area contributed by atoms with Crippen molar-refractivity contribution >= 4 is 18.4 Å². The second kappa shape index (κ2) is 6.26. The Labute approximate surface area is 80.0 Å². The Morgan fingerprint density at radius 3 is 1.92 bits per heavy atom. The second-order valence-corrected chi connectivity index (χ2v) is 3.26. The van der Waals surface area contributed by atoms with Crippen LogP contribution < -0.4 is 5.32 Å². The molecule has 0 aliphatic rings. The highest BCUT2D eigenvalue weighted by Gasteiger charge is 2.15. The summed E-state index contributed by atoms with van der Waals surface area (Å²) in [7, 11) is 0. The summed E-state index contributed by atoms with van der Waals surface area (Å²) in [5.74, 6) is -0.325. The monoisotopic (exact) mass is 195 g/mol. The van der Waals surface area contributed by atoms with Crippen LogP contribution in [0.1, 0.15) is 27.7 Å². The lowest BCUT2D eigenvalue weighted by molar-refractivity contribution is -0.139. The number of halogens is 1. The van der Waals surface area contributed by atoms with Gasteiger partial charge in [0.25, 0.3) is 0 Å². The van der Waals surface area contributed by atoms with Gasteiger partial charge in [0.1, 0.15) is 6.04 Å². The molecular weight excluding hydrogens is 178 g/mol. The zero-order valence-electron chi connectivity index (χ0n) is 8.00. The fourth-order valence-corrected chi connectivity index (χ4v) is 0.658. The van der Waals surface area contributed by atoms with Gasteiger partial charge in [-0.1, -0.05) is 13.8 Å². The minimum absolute atomic E-state index is 0. The molecule has 0 fully saturated rings. The first-order chi connectivity index (χ1) is 4.95. The van der Waals surface area contributed by atoms with Gasteiger partial charge in [0.05, 0.1) is 0 Å². The minimum atomic E-state index is -0.794. The largest absolute Gasteiger partial charge is 0.480 e. The lowest BCUT2D eigenvalue weighted by atomic mass is 10.1. The fraction of sp³-hybridized carbons (Fsp3) is 0.875. The topological polar surface area (TPSA) is 49.3 Å². The van der Waals surface area contributed by atoms with Crippen molar-refractivity contribution in [2.75, 3.05) is 0 Å². The predicted molar refractivity (Wildman–Crippen MR) is 51.8 cm³/mol. The van der Waals surface area contributed by atoms with Crippen LogP contribution >= 0.6 is 12.4 Å². The lowest BCUT2D eigenvalue weighted by Gasteiger charge is -2.19. The second-order valence-electron chi connectivity index (χ2n) is 3.26. The van der Waals surface area contributed by atoms with Gasteiger partial charge in [-0.25, -0.2) is 0 Å². The molecule has 0 aliphatic heterocycles. The zero-order valence-corrected chi connectivity index (χ0v) is 8.81. The van der Waals surface area contributed by atoms with Crippen molar-refractivity contribution in [1.82, 2.24) is 5.32 Å². The first kappa shape index (κ1) is 14.3. The van der Waals surface area contributed by atoms with E-state index in [1.165, 1.54) is 0 Å². The van der Waals surface area contributed by atoms with Crippen LogP contribution in [0.4, 0.5) is 0 Å². The average molecular weight is 196 g/mol. The van der Waals surface area contributed by atoms with Crippen LogP contribution in [0.15, 0.2) is 0 Å². The third-order valence-electron chi connectivity index (χ3n) is 1.88. The maximum atomic E-state index is 10.4. The van der Waals surface area contributed by atoms with E-state index in [1.54, 1.807) is 6.92 Å². The third kappa shape index (κ3) is 5.38. The summed E-state index contributed by atoms with van der Waals surface area (Å²) in [6, 6.07) is -0.200. The Morgan fingerprint density at radius 2 is 1.67 bits per heavy atom. The van der Waals surface area contributed by atoms with Crippen LogP contribution in [0.25, 0.3) is 0 Å². The summed E-state index contributed by atoms with van der Waals surface area (Å²) in [5, 5.41) is 11.5. The first-order valence-corrected chi connectivity index (χ1v) is 3.94. The number of nitrogens with one attached hydrogen (secondary N) is 1. The Hall–Kier alpha value is -0.280. The highest BCUT2D eigenvalue weighted by Crippen LogP contribution is 2.00. The Morgan fingerprint density at radius 1 is 1.25 bits per heavy atom. The lowest BCUT2D eigenvalue weighted by Crippen LogP contribution is -2.42. The van der Waals surface area contributed by atoms with Gasteiger partial charge >= 0.3 is 5.97 Å². The number of carboxylic acid groups (broad SMARTS) is 1. The van der Waals surface area contributed by atoms with Crippen molar-refractivity contribution in [3.05, 3.63) is 0 Å². The standard InChI is InChI=1S/C8H17NO2.ClH/c1-5(2)6(3)9-7(4)8(10)11;/h5-7,9H,1-4H3,(H,10,11);1H. The van der Waals surface area contributed by atoms with Crippen LogP contribution in [0, 0.1) is 5.92 Å². The average Bonchev–Trinajstić information content (AvgIpc) is 1.87. The molecule has 12 heavy (non-hydrogen) atoms. The number of aliphatic carboxylic acids is 1. The molecule has 0 amide bonds. The molecule has 74 valence electrons. The highest BCUT2D eigenvalue weighted by atomic mass is 35.5. The molecule has 0 radical (unpaired) electrons. The van der Waals surface area contributed by atoms with E-state index >= 15 is 0 Å². The SMILES string of the molecule is CC(NC(C)C(C)C)C(=O)O.Cl. The summed E-state index contributed by atoms with van der Waals surface area (Å²) in [6.07, 6.45) is 0. The van der Waals surface area contributed by atoms with E-state index in [2.05, 4.69) is 19.2 Å². The third-order valence-corrected chi connectivity index (χ3v) is 1.88. The molecule has 2 N–H and O–H groups in total. The molecule has 0 heterocycles. The number of carboxylic acids is 1. The number of rotatable bonds is 4. The number of hydrogen-bond acceptors (Lipinski definition) is 2. The molecule has 3 nitrogen and oxygen atoms in total. The van der Waals surface area contributed by atoms with Gasteiger partial charge in [-0.15, -0.1) is 12.4 Å². The maximum Gasteiger partial charge on any atom is 0.320 e. The molecule has 2 atom stereocenters. The van der Waals surface area contributed by atoms with Gasteiger partial charge in [0.15, 0.2) is 0 Å². The summed E-state index contributed by atoms with van der Waals surface area (Å²) >= 11 is 0. The fourth-order valence-electron chi connectivity index (χ4n) is 0.658. The molecule has 0 spiro atoms. The van der Waals surface area contributed by atoms with E-state index in [0.29, 0.717) is 5.92 Å². The minimum Gasteiger partial charge on any atom is -0.480 e. The van der Waals surface area contributed by atoms with Gasteiger partial charge in [0, 0.05) is 6.04 Å². The summed E-state index contributed by atoms with van der Waals surface area (Å²) in [5.41, 5.74) is 0. The van der Waals surface area contributed by atoms with E-state index in [-0.39, 0.29) is 18.4 Å². The van der Waals surface area contributed by atoms with Gasteiger partial charge in [-0.2, -0.15) is 0 Å². The van der Waals surface area contributed by atoms with Crippen molar-refractivity contribution in [3.8, 4) is 0 Å². The van der Waals surface area contributed by atoms with E-state index in [0.717, 1.165) is 0 Å². The molecule has 0 aromatic rings. The molecule has 0 aromatic heterocycles. The smallest absolute Gasteiger partial charge is 0.320 e. The molecule has 0 saturated heterocycles. The molecule has 0 bridgehead atoms. The number of carbonyl (C=O) groups is 1. The maximum absolute atomic E-state index is 10.4. The van der Waals surface area contributed by atoms with Crippen molar-refractivity contribution in [3.63, 3.8) is 0 Å². The van der Waals surface area contributed by atoms with Gasteiger partial charge < -0.3 is 10.4 Å². The van der Waals surface area contributed by atoms with Crippen molar-refractivity contribution in [2.45, 2.75) is 39.8 Å². The molecule has 0 rings (SSSR count). The van der Waals surface area contributed by atoms with Crippen LogP contribution in [0.2, 0.25) is 0 Å². The Kier molecular flexibility index (Phi) is 7.44. The van der Waals surface area contributed by atoms with E-state index in [9.17, 15) is 4.79 Å². The first-order valence-electron chi connectivity index (χ1n) is 3.94. The molecule has 0 aromatic carbocycles. The van der Waals surface area contributed by atoms with Crippen molar-refractivity contribution in [2.24, 2.45) is 5.92 Å². The van der Waals surface area contributed by atoms with Crippen LogP contribution in [0.5, 0.6) is 0 Å². The predicted octanol–water partition coefficient (Wildman–Crippen LogP) is 1.52. The molecule has 4 heteroatoms. The molecule has 0 aliphatic carbocycles. The van der Waals surface area contributed by atoms with Crippen LogP contribution in [0.3, 0.4) is 0 Å². The highest BCUT2D eigenvalue weighted by molar-refractivity contribution is 5.85. The quantitative estimate of drug-likeness (QED) is 0.715. The molecular formula is C8H18ClNO2. The van der Waals surface area contributed by atoms with Crippen LogP contribution in [-0.2, 0) is 4.79 Å². The van der Waals surface area contributed by atoms with Crippen molar-refractivity contribution < 1.29 is 9.90 Å². The summed E-state index contributed by atoms with van der Waals surface area (Å²) in [6.45, 7) is 7.77. The van der Waals surface area contributed by atoms with E-state index in [1.807, 2.05) is 6.92 Å². The molecule has 2 unspecified atom stereocenters.